The minimum atomic E-state index is -0.724. The minimum Gasteiger partial charge on any atom is -0.346 e. The average molecular weight is 351 g/mol. The highest BCUT2D eigenvalue weighted by atomic mass is 32.1. The number of rotatable bonds is 4. The number of amides is 2. The molecule has 126 valence electrons. The van der Waals surface area contributed by atoms with E-state index in [2.05, 4.69) is 10.3 Å². The summed E-state index contributed by atoms with van der Waals surface area (Å²) in [6.07, 6.45) is 1.96. The zero-order valence-electron chi connectivity index (χ0n) is 12.7. The van der Waals surface area contributed by atoms with E-state index in [0.29, 0.717) is 13.1 Å². The number of nitrogens with zero attached hydrogens (tertiary/aromatic N) is 2. The topological polar surface area (TPSA) is 62.3 Å². The van der Waals surface area contributed by atoms with Gasteiger partial charge in [-0.15, -0.1) is 11.3 Å². The number of likely N-dealkylation sites (tertiary alicyclic amines) is 1. The predicted molar refractivity (Wildman–Crippen MR) is 84.8 cm³/mol. The zero-order chi connectivity index (χ0) is 17.1. The smallest absolute Gasteiger partial charge is 0.282 e. The predicted octanol–water partition coefficient (Wildman–Crippen LogP) is 2.59. The molecule has 0 atom stereocenters. The Morgan fingerprint density at radius 2 is 2.00 bits per heavy atom. The van der Waals surface area contributed by atoms with Crippen LogP contribution in [0.1, 0.15) is 38.7 Å². The molecule has 0 saturated carbocycles. The Morgan fingerprint density at radius 3 is 2.71 bits per heavy atom. The fourth-order valence-corrected chi connectivity index (χ4v) is 3.23. The molecule has 0 bridgehead atoms. The van der Waals surface area contributed by atoms with Crippen LogP contribution in [-0.2, 0) is 6.54 Å². The Hall–Kier alpha value is -2.35. The first-order valence-corrected chi connectivity index (χ1v) is 8.39. The van der Waals surface area contributed by atoms with Gasteiger partial charge in [-0.1, -0.05) is 6.07 Å². The number of carbonyl (C=O) groups is 2. The molecule has 1 saturated heterocycles. The summed E-state index contributed by atoms with van der Waals surface area (Å²) in [5.41, 5.74) is 0.290. The van der Waals surface area contributed by atoms with E-state index >= 15 is 0 Å². The first kappa shape index (κ1) is 16.5. The van der Waals surface area contributed by atoms with Crippen LogP contribution >= 0.6 is 11.3 Å². The summed E-state index contributed by atoms with van der Waals surface area (Å²) in [6.45, 7) is 1.34. The van der Waals surface area contributed by atoms with Crippen LogP contribution in [0, 0.1) is 11.6 Å². The molecular formula is C16H15F2N3O2S. The molecule has 1 aliphatic rings. The van der Waals surface area contributed by atoms with E-state index < -0.39 is 17.5 Å². The van der Waals surface area contributed by atoms with Gasteiger partial charge in [-0.05, 0) is 18.9 Å². The fourth-order valence-electron chi connectivity index (χ4n) is 2.46. The van der Waals surface area contributed by atoms with Crippen molar-refractivity contribution in [1.29, 1.82) is 0 Å². The third-order valence-corrected chi connectivity index (χ3v) is 4.60. The Kier molecular flexibility index (Phi) is 4.84. The van der Waals surface area contributed by atoms with Gasteiger partial charge in [0.25, 0.3) is 11.8 Å². The second-order valence-electron chi connectivity index (χ2n) is 5.46. The molecule has 3 rings (SSSR count). The largest absolute Gasteiger partial charge is 0.346 e. The van der Waals surface area contributed by atoms with Crippen molar-refractivity contribution in [2.24, 2.45) is 0 Å². The first-order valence-electron chi connectivity index (χ1n) is 7.51. The molecule has 0 aliphatic carbocycles. The minimum absolute atomic E-state index is 0.0854. The van der Waals surface area contributed by atoms with Crippen molar-refractivity contribution in [1.82, 2.24) is 15.2 Å². The SMILES string of the molecule is O=C(NCc1ccc(F)cc1F)c1csc(C(=O)N2CCCC2)n1. The molecule has 2 heterocycles. The highest BCUT2D eigenvalue weighted by Gasteiger charge is 2.23. The number of nitrogens with one attached hydrogen (secondary N) is 1. The summed E-state index contributed by atoms with van der Waals surface area (Å²) >= 11 is 1.11. The summed E-state index contributed by atoms with van der Waals surface area (Å²) in [4.78, 5) is 30.0. The highest BCUT2D eigenvalue weighted by molar-refractivity contribution is 7.11. The maximum absolute atomic E-state index is 13.5. The van der Waals surface area contributed by atoms with Crippen LogP contribution in [0.15, 0.2) is 23.6 Å². The van der Waals surface area contributed by atoms with Crippen molar-refractivity contribution in [3.05, 3.63) is 51.5 Å². The zero-order valence-corrected chi connectivity index (χ0v) is 13.5. The third-order valence-electron chi connectivity index (χ3n) is 3.77. The van der Waals surface area contributed by atoms with E-state index in [0.717, 1.165) is 36.3 Å². The number of hydrogen-bond acceptors (Lipinski definition) is 4. The lowest BCUT2D eigenvalue weighted by Crippen LogP contribution is -2.28. The third kappa shape index (κ3) is 3.59. The number of benzene rings is 1. The van der Waals surface area contributed by atoms with E-state index in [9.17, 15) is 18.4 Å². The summed E-state index contributed by atoms with van der Waals surface area (Å²) in [5, 5.41) is 4.29. The Bertz CT molecular complexity index is 772. The molecule has 1 N–H and O–H groups in total. The quantitative estimate of drug-likeness (QED) is 0.921. The molecule has 5 nitrogen and oxygen atoms in total. The lowest BCUT2D eigenvalue weighted by Gasteiger charge is -2.12. The monoisotopic (exact) mass is 351 g/mol. The lowest BCUT2D eigenvalue weighted by atomic mass is 10.2. The molecule has 1 aromatic heterocycles. The fraction of sp³-hybridized carbons (Fsp3) is 0.312. The van der Waals surface area contributed by atoms with Gasteiger partial charge < -0.3 is 10.2 Å². The van der Waals surface area contributed by atoms with Crippen LogP contribution in [-0.4, -0.2) is 34.8 Å². The molecular weight excluding hydrogens is 336 g/mol. The average Bonchev–Trinajstić information content (AvgIpc) is 3.25. The van der Waals surface area contributed by atoms with Gasteiger partial charge in [-0.2, -0.15) is 0 Å². The van der Waals surface area contributed by atoms with Crippen molar-refractivity contribution < 1.29 is 18.4 Å². The number of aromatic nitrogens is 1. The van der Waals surface area contributed by atoms with Gasteiger partial charge in [0.1, 0.15) is 17.3 Å². The van der Waals surface area contributed by atoms with Crippen LogP contribution in [0.3, 0.4) is 0 Å². The number of hydrogen-bond donors (Lipinski definition) is 1. The molecule has 2 amide bonds. The highest BCUT2D eigenvalue weighted by Crippen LogP contribution is 2.17. The van der Waals surface area contributed by atoms with Gasteiger partial charge in [-0.3, -0.25) is 9.59 Å². The standard InChI is InChI=1S/C16H15F2N3O2S/c17-11-4-3-10(12(18)7-11)8-19-14(22)13-9-24-15(20-13)16(23)21-5-1-2-6-21/h3-4,7,9H,1-2,5-6,8H2,(H,19,22). The van der Waals surface area contributed by atoms with Crippen molar-refractivity contribution in [2.45, 2.75) is 19.4 Å². The number of carbonyl (C=O) groups excluding carboxylic acids is 2. The maximum Gasteiger partial charge on any atom is 0.282 e. The molecule has 24 heavy (non-hydrogen) atoms. The molecule has 1 aliphatic heterocycles. The van der Waals surface area contributed by atoms with Gasteiger partial charge in [0.2, 0.25) is 0 Å². The van der Waals surface area contributed by atoms with Gasteiger partial charge in [-0.25, -0.2) is 13.8 Å². The summed E-state index contributed by atoms with van der Waals surface area (Å²) in [7, 11) is 0. The molecule has 0 radical (unpaired) electrons. The molecule has 1 aromatic carbocycles. The molecule has 8 heteroatoms. The second-order valence-corrected chi connectivity index (χ2v) is 6.31. The molecule has 0 spiro atoms. The van der Waals surface area contributed by atoms with Crippen LogP contribution < -0.4 is 5.32 Å². The normalized spacial score (nSPS) is 14.0. The first-order chi connectivity index (χ1) is 11.5. The van der Waals surface area contributed by atoms with Gasteiger partial charge in [0.05, 0.1) is 0 Å². The van der Waals surface area contributed by atoms with Gasteiger partial charge in [0.15, 0.2) is 5.01 Å². The van der Waals surface area contributed by atoms with E-state index in [-0.39, 0.29) is 28.7 Å². The summed E-state index contributed by atoms with van der Waals surface area (Å²) in [5.74, 6) is -2.07. The van der Waals surface area contributed by atoms with Crippen LogP contribution in [0.2, 0.25) is 0 Å². The van der Waals surface area contributed by atoms with Crippen LogP contribution in [0.25, 0.3) is 0 Å². The van der Waals surface area contributed by atoms with Crippen molar-refractivity contribution in [3.63, 3.8) is 0 Å². The Morgan fingerprint density at radius 1 is 1.25 bits per heavy atom. The second kappa shape index (κ2) is 7.04. The molecule has 0 unspecified atom stereocenters. The van der Waals surface area contributed by atoms with Gasteiger partial charge in [0, 0.05) is 36.6 Å². The van der Waals surface area contributed by atoms with Gasteiger partial charge >= 0.3 is 0 Å². The van der Waals surface area contributed by atoms with Crippen molar-refractivity contribution in [2.75, 3.05) is 13.1 Å². The Balaban J connectivity index is 1.62. The lowest BCUT2D eigenvalue weighted by molar-refractivity contribution is 0.0792. The summed E-state index contributed by atoms with van der Waals surface area (Å²) in [6, 6.07) is 3.16. The number of thiazole rings is 1. The van der Waals surface area contributed by atoms with E-state index in [4.69, 9.17) is 0 Å². The van der Waals surface area contributed by atoms with E-state index in [1.165, 1.54) is 11.4 Å². The van der Waals surface area contributed by atoms with E-state index in [1.807, 2.05) is 0 Å². The Labute approximate surface area is 141 Å². The van der Waals surface area contributed by atoms with Crippen molar-refractivity contribution >= 4 is 23.2 Å². The van der Waals surface area contributed by atoms with Crippen LogP contribution in [0.4, 0.5) is 8.78 Å². The van der Waals surface area contributed by atoms with E-state index in [1.54, 1.807) is 4.90 Å². The summed E-state index contributed by atoms with van der Waals surface area (Å²) < 4.78 is 26.4. The molecule has 2 aromatic rings. The maximum atomic E-state index is 13.5. The van der Waals surface area contributed by atoms with Crippen LogP contribution in [0.5, 0.6) is 0 Å². The van der Waals surface area contributed by atoms with Crippen molar-refractivity contribution in [3.8, 4) is 0 Å². The molecule has 1 fully saturated rings. The number of halogens is 2.